The summed E-state index contributed by atoms with van der Waals surface area (Å²) in [4.78, 5) is 0. The highest BCUT2D eigenvalue weighted by Gasteiger charge is 2.62. The number of allylic oxidation sites excluding steroid dienone is 1. The molecule has 0 aliphatic heterocycles. The Labute approximate surface area is 189 Å². The second-order valence-electron chi connectivity index (χ2n) is 12.3. The summed E-state index contributed by atoms with van der Waals surface area (Å²) in [5.74, 6) is 2.22. The minimum Gasteiger partial charge on any atom is -0.396 e. The molecule has 4 aliphatic rings. The molecular formula is C27H46O4. The average molecular weight is 435 g/mol. The van der Waals surface area contributed by atoms with Crippen LogP contribution < -0.4 is 0 Å². The van der Waals surface area contributed by atoms with Crippen LogP contribution in [0.25, 0.3) is 0 Å². The third-order valence-electron chi connectivity index (χ3n) is 10.6. The molecule has 4 heteroatoms. The van der Waals surface area contributed by atoms with Gasteiger partial charge in [-0.1, -0.05) is 39.3 Å². The van der Waals surface area contributed by atoms with Gasteiger partial charge in [-0.05, 0) is 104 Å². The Morgan fingerprint density at radius 2 is 1.81 bits per heavy atom. The Balaban J connectivity index is 1.53. The van der Waals surface area contributed by atoms with Gasteiger partial charge in [0.2, 0.25) is 0 Å². The average Bonchev–Trinajstić information content (AvgIpc) is 3.01. The highest BCUT2D eigenvalue weighted by Crippen LogP contribution is 2.67. The standard InChI is InChI=1S/C27H46O4/c1-16(15-28)5-8-23(30)17(2)25-24(31)14-22-20-7-6-18-13-19(29)9-11-26(18,3)21(20)10-12-27(22,25)4/h6,16-17,19-25,28-31H,5,7-15H2,1-4H3/t16?,17-,19-,20+,21-,22-,23?,24?,25-,26-,27+/m0/s1. The molecule has 0 radical (unpaired) electrons. The highest BCUT2D eigenvalue weighted by molar-refractivity contribution is 5.25. The molecule has 0 aromatic rings. The number of aliphatic hydroxyl groups excluding tert-OH is 4. The maximum atomic E-state index is 11.2. The van der Waals surface area contributed by atoms with E-state index in [0.29, 0.717) is 24.2 Å². The number of rotatable bonds is 6. The Hall–Kier alpha value is -0.420. The maximum Gasteiger partial charge on any atom is 0.0580 e. The van der Waals surface area contributed by atoms with Gasteiger partial charge in [0.05, 0.1) is 18.3 Å². The van der Waals surface area contributed by atoms with E-state index in [1.165, 1.54) is 12.0 Å². The van der Waals surface area contributed by atoms with Crippen molar-refractivity contribution in [3.05, 3.63) is 11.6 Å². The van der Waals surface area contributed by atoms with Gasteiger partial charge in [0.25, 0.3) is 0 Å². The SMILES string of the molecule is CC(CO)CCC(O)[C@H](C)[C@H]1C(O)C[C@H]2[C@@H]3CC=C4C[C@@H](O)CC[C@]4(C)[C@H]3CC[C@@]12C. The Kier molecular flexibility index (Phi) is 6.69. The fraction of sp³-hybridized carbons (Fsp3) is 0.926. The predicted molar refractivity (Wildman–Crippen MR) is 123 cm³/mol. The van der Waals surface area contributed by atoms with Crippen LogP contribution in [0.1, 0.15) is 85.5 Å². The van der Waals surface area contributed by atoms with Gasteiger partial charge in [-0.25, -0.2) is 0 Å². The summed E-state index contributed by atoms with van der Waals surface area (Å²) in [6, 6.07) is 0. The van der Waals surface area contributed by atoms with Crippen molar-refractivity contribution in [2.75, 3.05) is 6.61 Å². The van der Waals surface area contributed by atoms with E-state index in [9.17, 15) is 20.4 Å². The smallest absolute Gasteiger partial charge is 0.0580 e. The van der Waals surface area contributed by atoms with Crippen molar-refractivity contribution < 1.29 is 20.4 Å². The van der Waals surface area contributed by atoms with E-state index >= 15 is 0 Å². The first kappa shape index (κ1) is 23.7. The van der Waals surface area contributed by atoms with E-state index in [0.717, 1.165) is 44.9 Å². The minimum atomic E-state index is -0.419. The molecule has 4 N–H and O–H groups in total. The van der Waals surface area contributed by atoms with Crippen molar-refractivity contribution in [2.45, 2.75) is 104 Å². The van der Waals surface area contributed by atoms with Gasteiger partial charge in [0.15, 0.2) is 0 Å². The van der Waals surface area contributed by atoms with Crippen molar-refractivity contribution in [2.24, 2.45) is 46.3 Å². The van der Waals surface area contributed by atoms with Crippen molar-refractivity contribution in [3.63, 3.8) is 0 Å². The molecule has 3 unspecified atom stereocenters. The van der Waals surface area contributed by atoms with Crippen LogP contribution in [0, 0.1) is 46.3 Å². The van der Waals surface area contributed by atoms with E-state index in [-0.39, 0.29) is 47.4 Å². The first-order chi connectivity index (χ1) is 14.6. The summed E-state index contributed by atoms with van der Waals surface area (Å²) in [5, 5.41) is 41.8. The second kappa shape index (κ2) is 8.74. The Morgan fingerprint density at radius 1 is 1.06 bits per heavy atom. The van der Waals surface area contributed by atoms with Crippen LogP contribution in [0.5, 0.6) is 0 Å². The van der Waals surface area contributed by atoms with Gasteiger partial charge in [0, 0.05) is 6.61 Å². The molecule has 4 aliphatic carbocycles. The largest absolute Gasteiger partial charge is 0.396 e. The molecule has 0 aromatic carbocycles. The summed E-state index contributed by atoms with van der Waals surface area (Å²) in [6.45, 7) is 9.18. The minimum absolute atomic E-state index is 0.0718. The van der Waals surface area contributed by atoms with Crippen LogP contribution >= 0.6 is 0 Å². The monoisotopic (exact) mass is 434 g/mol. The molecule has 3 fully saturated rings. The molecule has 178 valence electrons. The summed E-state index contributed by atoms with van der Waals surface area (Å²) >= 11 is 0. The van der Waals surface area contributed by atoms with Crippen LogP contribution in [0.3, 0.4) is 0 Å². The fourth-order valence-corrected chi connectivity index (χ4v) is 8.69. The first-order valence-electron chi connectivity index (χ1n) is 13.0. The van der Waals surface area contributed by atoms with Crippen LogP contribution in [-0.2, 0) is 0 Å². The zero-order valence-electron chi connectivity index (χ0n) is 20.1. The van der Waals surface area contributed by atoms with Gasteiger partial charge < -0.3 is 20.4 Å². The van der Waals surface area contributed by atoms with E-state index < -0.39 is 6.10 Å². The Bertz CT molecular complexity index is 676. The zero-order chi connectivity index (χ0) is 22.6. The molecule has 4 rings (SSSR count). The molecule has 0 heterocycles. The maximum absolute atomic E-state index is 11.2. The molecule has 31 heavy (non-hydrogen) atoms. The van der Waals surface area contributed by atoms with Gasteiger partial charge in [-0.2, -0.15) is 0 Å². The van der Waals surface area contributed by atoms with Gasteiger partial charge in [0.1, 0.15) is 0 Å². The quantitative estimate of drug-likeness (QED) is 0.470. The second-order valence-corrected chi connectivity index (χ2v) is 12.3. The first-order valence-corrected chi connectivity index (χ1v) is 13.0. The fourth-order valence-electron chi connectivity index (χ4n) is 8.69. The van der Waals surface area contributed by atoms with E-state index in [1.807, 2.05) is 6.92 Å². The lowest BCUT2D eigenvalue weighted by Gasteiger charge is -2.58. The highest BCUT2D eigenvalue weighted by atomic mass is 16.3. The van der Waals surface area contributed by atoms with Gasteiger partial charge in [-0.15, -0.1) is 0 Å². The number of aliphatic hydroxyl groups is 4. The summed E-state index contributed by atoms with van der Waals surface area (Å²) in [7, 11) is 0. The van der Waals surface area contributed by atoms with Gasteiger partial charge in [-0.3, -0.25) is 0 Å². The molecule has 0 amide bonds. The molecule has 4 nitrogen and oxygen atoms in total. The molecule has 11 atom stereocenters. The topological polar surface area (TPSA) is 80.9 Å². The molecule has 0 bridgehead atoms. The summed E-state index contributed by atoms with van der Waals surface area (Å²) in [6.07, 6.45) is 10.2. The molecule has 0 saturated heterocycles. The normalized spacial score (nSPS) is 47.5. The van der Waals surface area contributed by atoms with Crippen molar-refractivity contribution in [3.8, 4) is 0 Å². The lowest BCUT2D eigenvalue weighted by atomic mass is 9.47. The Morgan fingerprint density at radius 3 is 2.52 bits per heavy atom. The van der Waals surface area contributed by atoms with Crippen LogP contribution in [-0.4, -0.2) is 45.3 Å². The molecule has 0 aromatic heterocycles. The van der Waals surface area contributed by atoms with E-state index in [4.69, 9.17) is 0 Å². The molecular weight excluding hydrogens is 388 g/mol. The number of fused-ring (bicyclic) bond motifs is 5. The third-order valence-corrected chi connectivity index (χ3v) is 10.6. The van der Waals surface area contributed by atoms with Crippen LogP contribution in [0.15, 0.2) is 11.6 Å². The van der Waals surface area contributed by atoms with Crippen molar-refractivity contribution in [1.82, 2.24) is 0 Å². The lowest BCUT2D eigenvalue weighted by molar-refractivity contribution is -0.0770. The van der Waals surface area contributed by atoms with E-state index in [2.05, 4.69) is 26.8 Å². The van der Waals surface area contributed by atoms with Gasteiger partial charge >= 0.3 is 0 Å². The molecule has 0 spiro atoms. The number of hydrogen-bond donors (Lipinski definition) is 4. The van der Waals surface area contributed by atoms with Crippen LogP contribution in [0.4, 0.5) is 0 Å². The predicted octanol–water partition coefficient (Wildman–Crippen LogP) is 4.30. The zero-order valence-corrected chi connectivity index (χ0v) is 20.1. The van der Waals surface area contributed by atoms with Crippen molar-refractivity contribution in [1.29, 1.82) is 0 Å². The van der Waals surface area contributed by atoms with E-state index in [1.54, 1.807) is 0 Å². The number of hydrogen-bond acceptors (Lipinski definition) is 4. The third kappa shape index (κ3) is 3.94. The van der Waals surface area contributed by atoms with Crippen molar-refractivity contribution >= 4 is 0 Å². The summed E-state index contributed by atoms with van der Waals surface area (Å²) in [5.41, 5.74) is 1.80. The van der Waals surface area contributed by atoms with Crippen LogP contribution in [0.2, 0.25) is 0 Å². The lowest BCUT2D eigenvalue weighted by Crippen LogP contribution is -2.51. The molecule has 3 saturated carbocycles. The summed E-state index contributed by atoms with van der Waals surface area (Å²) < 4.78 is 0.